The highest BCUT2D eigenvalue weighted by Crippen LogP contribution is 2.18. The van der Waals surface area contributed by atoms with Crippen molar-refractivity contribution in [3.05, 3.63) is 59.7 Å². The zero-order valence-corrected chi connectivity index (χ0v) is 12.9. The van der Waals surface area contributed by atoms with Crippen LogP contribution in [0.3, 0.4) is 0 Å². The molecule has 0 fully saturated rings. The molecule has 124 valence electrons. The maximum Gasteiger partial charge on any atom is 0.488 e. The second-order valence-corrected chi connectivity index (χ2v) is 4.92. The summed E-state index contributed by atoms with van der Waals surface area (Å²) in [6.45, 7) is 1.33. The second-order valence-electron chi connectivity index (χ2n) is 4.92. The molecule has 0 saturated heterocycles. The molecule has 0 heterocycles. The summed E-state index contributed by atoms with van der Waals surface area (Å²) in [5, 5.41) is 18.0. The molecule has 2 rings (SSSR count). The van der Waals surface area contributed by atoms with E-state index in [4.69, 9.17) is 19.6 Å². The largest absolute Gasteiger partial charge is 0.488 e. The molecular formula is C16H16BNO6. The monoisotopic (exact) mass is 329 g/mol. The predicted octanol–water partition coefficient (Wildman–Crippen LogP) is 0.153. The number of para-hydroxylation sites is 1. The Hall–Kier alpha value is -2.68. The number of hydrogen-bond donors (Lipinski definition) is 3. The molecule has 0 aliphatic rings. The van der Waals surface area contributed by atoms with Gasteiger partial charge in [-0.2, -0.15) is 0 Å². The molecule has 0 aliphatic carbocycles. The van der Waals surface area contributed by atoms with E-state index >= 15 is 0 Å². The van der Waals surface area contributed by atoms with Crippen LogP contribution in [0.5, 0.6) is 5.75 Å². The van der Waals surface area contributed by atoms with E-state index in [-0.39, 0.29) is 17.9 Å². The quantitative estimate of drug-likeness (QED) is 0.302. The molecule has 0 aromatic heterocycles. The van der Waals surface area contributed by atoms with Crippen molar-refractivity contribution in [1.82, 2.24) is 5.48 Å². The summed E-state index contributed by atoms with van der Waals surface area (Å²) < 4.78 is 4.96. The summed E-state index contributed by atoms with van der Waals surface area (Å²) in [6.07, 6.45) is 0. The smallest absolute Gasteiger partial charge is 0.426 e. The van der Waals surface area contributed by atoms with Gasteiger partial charge in [-0.05, 0) is 23.2 Å². The lowest BCUT2D eigenvalue weighted by atomic mass is 9.80. The lowest BCUT2D eigenvalue weighted by Crippen LogP contribution is -2.29. The van der Waals surface area contributed by atoms with Crippen LogP contribution < -0.4 is 15.7 Å². The van der Waals surface area contributed by atoms with Gasteiger partial charge in [0.25, 0.3) is 5.91 Å². The van der Waals surface area contributed by atoms with Gasteiger partial charge in [-0.25, -0.2) is 5.48 Å². The van der Waals surface area contributed by atoms with Gasteiger partial charge in [0.15, 0.2) is 0 Å². The molecule has 0 saturated carbocycles. The van der Waals surface area contributed by atoms with Gasteiger partial charge < -0.3 is 14.8 Å². The summed E-state index contributed by atoms with van der Waals surface area (Å²) in [7, 11) is -1.53. The summed E-state index contributed by atoms with van der Waals surface area (Å²) in [6, 6.07) is 12.7. The fourth-order valence-corrected chi connectivity index (χ4v) is 1.92. The van der Waals surface area contributed by atoms with Crippen LogP contribution in [0.2, 0.25) is 0 Å². The van der Waals surface area contributed by atoms with Crippen LogP contribution in [0, 0.1) is 0 Å². The molecule has 7 nitrogen and oxygen atoms in total. The SMILES string of the molecule is CC(=O)Oc1ccccc1C(=O)NOCc1ccc(B(O)O)cc1. The number of rotatable bonds is 6. The van der Waals surface area contributed by atoms with Gasteiger partial charge in [0, 0.05) is 6.92 Å². The van der Waals surface area contributed by atoms with Crippen molar-refractivity contribution in [3.8, 4) is 5.75 Å². The minimum absolute atomic E-state index is 0.0866. The molecule has 0 bridgehead atoms. The lowest BCUT2D eigenvalue weighted by molar-refractivity contribution is -0.131. The Labute approximate surface area is 138 Å². The second kappa shape index (κ2) is 8.25. The first kappa shape index (κ1) is 17.7. The zero-order chi connectivity index (χ0) is 17.5. The molecular weight excluding hydrogens is 313 g/mol. The van der Waals surface area contributed by atoms with Gasteiger partial charge >= 0.3 is 13.1 Å². The molecule has 0 spiro atoms. The average molecular weight is 329 g/mol. The Morgan fingerprint density at radius 2 is 1.75 bits per heavy atom. The predicted molar refractivity (Wildman–Crippen MR) is 86.3 cm³/mol. The van der Waals surface area contributed by atoms with E-state index in [2.05, 4.69) is 5.48 Å². The number of amides is 1. The molecule has 2 aromatic carbocycles. The highest BCUT2D eigenvalue weighted by molar-refractivity contribution is 6.58. The van der Waals surface area contributed by atoms with Crippen molar-refractivity contribution in [2.24, 2.45) is 0 Å². The number of hydrogen-bond acceptors (Lipinski definition) is 6. The van der Waals surface area contributed by atoms with Gasteiger partial charge in [0.05, 0.1) is 12.2 Å². The average Bonchev–Trinajstić information content (AvgIpc) is 2.55. The van der Waals surface area contributed by atoms with Gasteiger partial charge in [-0.3, -0.25) is 14.4 Å². The molecule has 3 N–H and O–H groups in total. The summed E-state index contributed by atoms with van der Waals surface area (Å²) in [5.41, 5.74) is 3.53. The van der Waals surface area contributed by atoms with Gasteiger partial charge in [-0.15, -0.1) is 0 Å². The number of esters is 1. The highest BCUT2D eigenvalue weighted by atomic mass is 16.7. The molecule has 0 atom stereocenters. The number of carbonyl (C=O) groups excluding carboxylic acids is 2. The lowest BCUT2D eigenvalue weighted by Gasteiger charge is -2.10. The topological polar surface area (TPSA) is 105 Å². The van der Waals surface area contributed by atoms with E-state index in [0.29, 0.717) is 5.46 Å². The molecule has 0 radical (unpaired) electrons. The fraction of sp³-hybridized carbons (Fsp3) is 0.125. The standard InChI is InChI=1S/C16H16BNO6/c1-11(19)24-15-5-3-2-4-14(15)16(20)18-23-10-12-6-8-13(9-7-12)17(21)22/h2-9,21-22H,10H2,1H3,(H,18,20). The summed E-state index contributed by atoms with van der Waals surface area (Å²) in [5.74, 6) is -0.927. The third-order valence-corrected chi connectivity index (χ3v) is 3.07. The van der Waals surface area contributed by atoms with Crippen LogP contribution in [0.4, 0.5) is 0 Å². The van der Waals surface area contributed by atoms with Crippen molar-refractivity contribution in [1.29, 1.82) is 0 Å². The van der Waals surface area contributed by atoms with E-state index in [1.807, 2.05) is 0 Å². The van der Waals surface area contributed by atoms with Crippen molar-refractivity contribution in [2.75, 3.05) is 0 Å². The number of ether oxygens (including phenoxy) is 1. The molecule has 0 unspecified atom stereocenters. The van der Waals surface area contributed by atoms with Crippen LogP contribution in [-0.2, 0) is 16.2 Å². The Kier molecular flexibility index (Phi) is 6.08. The van der Waals surface area contributed by atoms with Crippen LogP contribution in [0.15, 0.2) is 48.5 Å². The number of hydroxylamine groups is 1. The van der Waals surface area contributed by atoms with Gasteiger partial charge in [0.2, 0.25) is 0 Å². The Balaban J connectivity index is 1.93. The third-order valence-electron chi connectivity index (χ3n) is 3.07. The maximum atomic E-state index is 12.1. The van der Waals surface area contributed by atoms with Crippen LogP contribution >= 0.6 is 0 Å². The molecule has 1 amide bonds. The summed E-state index contributed by atoms with van der Waals surface area (Å²) >= 11 is 0. The van der Waals surface area contributed by atoms with Crippen molar-refractivity contribution >= 4 is 24.5 Å². The maximum absolute atomic E-state index is 12.1. The van der Waals surface area contributed by atoms with E-state index in [0.717, 1.165) is 5.56 Å². The molecule has 24 heavy (non-hydrogen) atoms. The van der Waals surface area contributed by atoms with Crippen LogP contribution in [0.1, 0.15) is 22.8 Å². The Bertz CT molecular complexity index is 717. The normalized spacial score (nSPS) is 10.1. The zero-order valence-electron chi connectivity index (χ0n) is 12.9. The minimum atomic E-state index is -1.53. The number of carbonyl (C=O) groups is 2. The van der Waals surface area contributed by atoms with E-state index in [1.54, 1.807) is 36.4 Å². The van der Waals surface area contributed by atoms with E-state index in [9.17, 15) is 9.59 Å². The van der Waals surface area contributed by atoms with Crippen molar-refractivity contribution in [2.45, 2.75) is 13.5 Å². The summed E-state index contributed by atoms with van der Waals surface area (Å²) in [4.78, 5) is 28.3. The van der Waals surface area contributed by atoms with Crippen LogP contribution in [-0.4, -0.2) is 29.0 Å². The first-order valence-electron chi connectivity index (χ1n) is 7.12. The first-order valence-corrected chi connectivity index (χ1v) is 7.12. The molecule has 0 aliphatic heterocycles. The minimum Gasteiger partial charge on any atom is -0.426 e. The third kappa shape index (κ3) is 4.92. The van der Waals surface area contributed by atoms with Gasteiger partial charge in [0.1, 0.15) is 5.75 Å². The van der Waals surface area contributed by atoms with Crippen molar-refractivity contribution < 1.29 is 29.2 Å². The molecule has 2 aromatic rings. The Morgan fingerprint density at radius 3 is 2.38 bits per heavy atom. The Morgan fingerprint density at radius 1 is 1.08 bits per heavy atom. The van der Waals surface area contributed by atoms with Crippen LogP contribution in [0.25, 0.3) is 0 Å². The fourth-order valence-electron chi connectivity index (χ4n) is 1.92. The molecule has 8 heteroatoms. The number of benzene rings is 2. The van der Waals surface area contributed by atoms with Gasteiger partial charge in [-0.1, -0.05) is 36.4 Å². The van der Waals surface area contributed by atoms with Crippen molar-refractivity contribution in [3.63, 3.8) is 0 Å². The van der Waals surface area contributed by atoms with E-state index in [1.165, 1.54) is 19.1 Å². The highest BCUT2D eigenvalue weighted by Gasteiger charge is 2.14. The number of nitrogens with one attached hydrogen (secondary N) is 1. The van der Waals surface area contributed by atoms with E-state index < -0.39 is 19.0 Å². The first-order chi connectivity index (χ1) is 11.5.